The number of pyridine rings is 1. The molecule has 1 amide bonds. The zero-order valence-electron chi connectivity index (χ0n) is 26.2. The minimum absolute atomic E-state index is 0.0220. The number of sulfonamides is 2. The largest absolute Gasteiger partial charge is 0.470 e. The number of nitrogens with one attached hydrogen (secondary N) is 2. The van der Waals surface area contributed by atoms with Crippen LogP contribution >= 0.6 is 0 Å². The Kier molecular flexibility index (Phi) is 8.91. The van der Waals surface area contributed by atoms with Gasteiger partial charge in [0.05, 0.1) is 16.0 Å². The lowest BCUT2D eigenvalue weighted by Crippen LogP contribution is -2.38. The molecule has 0 bridgehead atoms. The summed E-state index contributed by atoms with van der Waals surface area (Å²) in [5.41, 5.74) is 0.682. The molecule has 248 valence electrons. The standard InChI is InChI=1S/C31H36N8O6S2/c1-32-46(41,42)18-21-11-13-22(14-12-21)37(2)29-24-15-17-39(30(24)35-19-34-29)20-45-28-23-8-4-5-9-25(23)47(43,44)38(3)27(28)31(40)36-26-10-6-7-16-33-26/h4-10,15-17,19,21-22,32H,11-14,18,20H2,1-3H3,(H,33,36,40). The van der Waals surface area contributed by atoms with Crippen molar-refractivity contribution in [3.8, 4) is 0 Å². The summed E-state index contributed by atoms with van der Waals surface area (Å²) in [6.45, 7) is -0.0767. The molecule has 1 fully saturated rings. The molecule has 1 aliphatic heterocycles. The second kappa shape index (κ2) is 12.9. The van der Waals surface area contributed by atoms with Gasteiger partial charge in [-0.15, -0.1) is 0 Å². The fraction of sp³-hybridized carbons (Fsp3) is 0.355. The Morgan fingerprint density at radius 2 is 1.79 bits per heavy atom. The van der Waals surface area contributed by atoms with Gasteiger partial charge in [-0.05, 0) is 69.0 Å². The van der Waals surface area contributed by atoms with Gasteiger partial charge in [0.25, 0.3) is 15.9 Å². The normalized spacial score (nSPS) is 19.3. The molecule has 2 aliphatic rings. The van der Waals surface area contributed by atoms with Crippen molar-refractivity contribution in [3.63, 3.8) is 0 Å². The van der Waals surface area contributed by atoms with Crippen molar-refractivity contribution in [3.05, 3.63) is 78.5 Å². The number of likely N-dealkylation sites (N-methyl/N-ethyl adjacent to an activating group) is 1. The fourth-order valence-electron chi connectivity index (χ4n) is 6.20. The van der Waals surface area contributed by atoms with Crippen LogP contribution in [-0.2, 0) is 36.3 Å². The van der Waals surface area contributed by atoms with Gasteiger partial charge < -0.3 is 15.0 Å². The van der Waals surface area contributed by atoms with Gasteiger partial charge in [0.15, 0.2) is 18.2 Å². The fourth-order valence-corrected chi connectivity index (χ4v) is 8.71. The minimum atomic E-state index is -4.04. The molecule has 1 aliphatic carbocycles. The Hall–Kier alpha value is -4.54. The maximum absolute atomic E-state index is 13.6. The highest BCUT2D eigenvalue weighted by molar-refractivity contribution is 7.89. The molecule has 47 heavy (non-hydrogen) atoms. The summed E-state index contributed by atoms with van der Waals surface area (Å²) in [5, 5.41) is 3.47. The molecular formula is C31H36N8O6S2. The summed E-state index contributed by atoms with van der Waals surface area (Å²) in [5.74, 6) is 0.650. The van der Waals surface area contributed by atoms with Crippen molar-refractivity contribution in [2.45, 2.75) is 43.4 Å². The van der Waals surface area contributed by atoms with Gasteiger partial charge in [0, 0.05) is 38.1 Å². The average molecular weight is 681 g/mol. The van der Waals surface area contributed by atoms with E-state index in [1.807, 2.05) is 13.1 Å². The van der Waals surface area contributed by atoms with E-state index < -0.39 is 26.0 Å². The lowest BCUT2D eigenvalue weighted by Gasteiger charge is -2.35. The number of hydrogen-bond donors (Lipinski definition) is 2. The van der Waals surface area contributed by atoms with E-state index in [9.17, 15) is 21.6 Å². The van der Waals surface area contributed by atoms with Gasteiger partial charge in [-0.2, -0.15) is 0 Å². The number of hydrogen-bond acceptors (Lipinski definition) is 10. The molecule has 1 saturated carbocycles. The predicted molar refractivity (Wildman–Crippen MR) is 177 cm³/mol. The molecule has 14 nitrogen and oxygen atoms in total. The van der Waals surface area contributed by atoms with E-state index in [1.54, 1.807) is 47.2 Å². The number of carbonyl (C=O) groups excluding carboxylic acids is 1. The second-order valence-electron chi connectivity index (χ2n) is 11.6. The van der Waals surface area contributed by atoms with E-state index in [0.29, 0.717) is 5.65 Å². The van der Waals surface area contributed by atoms with E-state index in [2.05, 4.69) is 29.9 Å². The highest BCUT2D eigenvalue weighted by Crippen LogP contribution is 2.38. The molecule has 0 saturated heterocycles. The van der Waals surface area contributed by atoms with Gasteiger partial charge in [-0.25, -0.2) is 36.5 Å². The van der Waals surface area contributed by atoms with Crippen LogP contribution in [0.3, 0.4) is 0 Å². The molecule has 2 N–H and O–H groups in total. The maximum Gasteiger partial charge on any atom is 0.277 e. The van der Waals surface area contributed by atoms with Crippen LogP contribution in [0.25, 0.3) is 16.8 Å². The van der Waals surface area contributed by atoms with Crippen molar-refractivity contribution >= 4 is 54.4 Å². The van der Waals surface area contributed by atoms with Crippen LogP contribution in [0.1, 0.15) is 31.2 Å². The third-order valence-electron chi connectivity index (χ3n) is 8.77. The molecule has 4 aromatic rings. The molecule has 0 unspecified atom stereocenters. The maximum atomic E-state index is 13.6. The number of ether oxygens (including phenoxy) is 1. The van der Waals surface area contributed by atoms with Crippen LogP contribution in [0.15, 0.2) is 77.8 Å². The number of aromatic nitrogens is 4. The number of rotatable bonds is 10. The minimum Gasteiger partial charge on any atom is -0.470 e. The van der Waals surface area contributed by atoms with Gasteiger partial charge in [-0.3, -0.25) is 13.7 Å². The Morgan fingerprint density at radius 1 is 1.04 bits per heavy atom. The lowest BCUT2D eigenvalue weighted by atomic mass is 9.86. The van der Waals surface area contributed by atoms with E-state index >= 15 is 0 Å². The Labute approximate surface area is 273 Å². The highest BCUT2D eigenvalue weighted by atomic mass is 32.2. The molecular weight excluding hydrogens is 645 g/mol. The van der Waals surface area contributed by atoms with Gasteiger partial charge in [0.2, 0.25) is 10.0 Å². The Bertz CT molecular complexity index is 2040. The first-order valence-electron chi connectivity index (χ1n) is 15.1. The van der Waals surface area contributed by atoms with Crippen LogP contribution in [0.2, 0.25) is 0 Å². The van der Waals surface area contributed by atoms with Crippen molar-refractivity contribution < 1.29 is 26.4 Å². The van der Waals surface area contributed by atoms with Crippen LogP contribution in [0.4, 0.5) is 11.6 Å². The summed E-state index contributed by atoms with van der Waals surface area (Å²) in [4.78, 5) is 28.9. The zero-order valence-corrected chi connectivity index (χ0v) is 27.8. The molecule has 4 heterocycles. The van der Waals surface area contributed by atoms with Gasteiger partial charge >= 0.3 is 0 Å². The van der Waals surface area contributed by atoms with Gasteiger partial charge in [0.1, 0.15) is 23.6 Å². The highest BCUT2D eigenvalue weighted by Gasteiger charge is 2.39. The number of amides is 1. The quantitative estimate of drug-likeness (QED) is 0.254. The average Bonchev–Trinajstić information content (AvgIpc) is 3.49. The monoisotopic (exact) mass is 680 g/mol. The SMILES string of the molecule is CNS(=O)(=O)CC1CCC(N(C)c2ncnc3c2ccn3COC2=C(C(=O)Nc3ccccn3)N(C)S(=O)(=O)c3ccccc32)CC1. The first-order chi connectivity index (χ1) is 22.5. The Morgan fingerprint density at radius 3 is 2.51 bits per heavy atom. The number of anilines is 2. The number of nitrogens with zero attached hydrogens (tertiary/aromatic N) is 6. The first-order valence-corrected chi connectivity index (χ1v) is 18.2. The van der Waals surface area contributed by atoms with Crippen molar-refractivity contribution in [2.24, 2.45) is 5.92 Å². The third kappa shape index (κ3) is 6.40. The third-order valence-corrected chi connectivity index (χ3v) is 12.1. The molecule has 16 heteroatoms. The van der Waals surface area contributed by atoms with Gasteiger partial charge in [-0.1, -0.05) is 18.2 Å². The molecule has 6 rings (SSSR count). The molecule has 1 aromatic carbocycles. The molecule has 3 aromatic heterocycles. The van der Waals surface area contributed by atoms with Crippen LogP contribution in [0, 0.1) is 5.92 Å². The van der Waals surface area contributed by atoms with E-state index in [-0.39, 0.29) is 52.2 Å². The summed E-state index contributed by atoms with van der Waals surface area (Å²) in [6.07, 6.45) is 8.08. The van der Waals surface area contributed by atoms with Crippen molar-refractivity contribution in [1.82, 2.24) is 28.5 Å². The van der Waals surface area contributed by atoms with Crippen LogP contribution in [-0.4, -0.2) is 79.5 Å². The van der Waals surface area contributed by atoms with E-state index in [4.69, 9.17) is 4.74 Å². The number of carbonyl (C=O) groups is 1. The zero-order chi connectivity index (χ0) is 33.3. The van der Waals surface area contributed by atoms with Crippen molar-refractivity contribution in [2.75, 3.05) is 37.1 Å². The predicted octanol–water partition coefficient (Wildman–Crippen LogP) is 2.99. The topological polar surface area (TPSA) is 169 Å². The summed E-state index contributed by atoms with van der Waals surface area (Å²) >= 11 is 0. The van der Waals surface area contributed by atoms with Crippen LogP contribution < -0.4 is 14.9 Å². The first kappa shape index (κ1) is 32.4. The summed E-state index contributed by atoms with van der Waals surface area (Å²) in [7, 11) is -2.55. The lowest BCUT2D eigenvalue weighted by molar-refractivity contribution is -0.113. The van der Waals surface area contributed by atoms with Crippen LogP contribution in [0.5, 0.6) is 0 Å². The molecule has 0 spiro atoms. The van der Waals surface area contributed by atoms with E-state index in [1.165, 1.54) is 32.7 Å². The number of benzene rings is 1. The Balaban J connectivity index is 1.27. The summed E-state index contributed by atoms with van der Waals surface area (Å²) in [6, 6.07) is 13.5. The van der Waals surface area contributed by atoms with Crippen molar-refractivity contribution in [1.29, 1.82) is 0 Å². The smallest absolute Gasteiger partial charge is 0.277 e. The van der Waals surface area contributed by atoms with E-state index in [0.717, 1.165) is 41.2 Å². The second-order valence-corrected chi connectivity index (χ2v) is 15.5. The number of fused-ring (bicyclic) bond motifs is 2. The molecule has 0 atom stereocenters. The summed E-state index contributed by atoms with van der Waals surface area (Å²) < 4.78 is 62.3. The molecule has 0 radical (unpaired) electrons.